The number of benzene rings is 1. The van der Waals surface area contributed by atoms with E-state index >= 15 is 0 Å². The predicted molar refractivity (Wildman–Crippen MR) is 77.3 cm³/mol. The van der Waals surface area contributed by atoms with Gasteiger partial charge in [0, 0.05) is 25.7 Å². The molecule has 0 unspecified atom stereocenters. The molecule has 0 aliphatic carbocycles. The number of hydrogen-bond donors (Lipinski definition) is 3. The van der Waals surface area contributed by atoms with Crippen LogP contribution in [0, 0.1) is 5.82 Å². The highest BCUT2D eigenvalue weighted by molar-refractivity contribution is 6.13. The Morgan fingerprint density at radius 3 is 2.50 bits per heavy atom. The second kappa shape index (κ2) is 6.02. The molecule has 2 aromatic carbocycles. The molecule has 0 saturated carbocycles. The summed E-state index contributed by atoms with van der Waals surface area (Å²) < 4.78 is 13.7. The summed E-state index contributed by atoms with van der Waals surface area (Å²) in [7, 11) is 1.55. The fraction of sp³-hybridized carbons (Fsp3) is 0.231. The van der Waals surface area contributed by atoms with E-state index in [1.807, 2.05) is 0 Å². The summed E-state index contributed by atoms with van der Waals surface area (Å²) >= 11 is 5.40. The summed E-state index contributed by atoms with van der Waals surface area (Å²) in [6, 6.07) is 4.59. The minimum absolute atomic E-state index is 0.113. The van der Waals surface area contributed by atoms with Crippen molar-refractivity contribution in [2.75, 3.05) is 17.7 Å². The summed E-state index contributed by atoms with van der Waals surface area (Å²) in [5.41, 5.74) is 0.484. The smallest absolute Gasteiger partial charge is 0.253 e. The molecule has 3 N–H and O–H groups in total. The molecule has 0 bridgehead atoms. The van der Waals surface area contributed by atoms with E-state index in [1.54, 1.807) is 19.2 Å². The molecule has 0 atom stereocenters. The normalized spacial score (nSPS) is 10.8. The van der Waals surface area contributed by atoms with Crippen LogP contribution in [0.5, 0.6) is 0 Å². The SMILES string of the molecule is CNc1c(NCc2cc(CNCl)ccc2F)c(=O)c1=O. The molecule has 0 radical (unpaired) electrons. The molecule has 0 aromatic heterocycles. The zero-order chi connectivity index (χ0) is 14.7. The number of anilines is 2. The van der Waals surface area contributed by atoms with Crippen LogP contribution >= 0.6 is 11.8 Å². The van der Waals surface area contributed by atoms with Crippen molar-refractivity contribution in [3.05, 3.63) is 55.6 Å². The Hall–Kier alpha value is -1.92. The molecule has 0 spiro atoms. The molecule has 2 rings (SSSR count). The van der Waals surface area contributed by atoms with E-state index in [9.17, 15) is 14.0 Å². The summed E-state index contributed by atoms with van der Waals surface area (Å²) in [6.07, 6.45) is 0. The average Bonchev–Trinajstić information content (AvgIpc) is 2.45. The second-order valence-corrected chi connectivity index (χ2v) is 4.52. The Bertz CT molecular complexity index is 695. The van der Waals surface area contributed by atoms with Gasteiger partial charge in [-0.2, -0.15) is 0 Å². The van der Waals surface area contributed by atoms with Crippen LogP contribution in [-0.4, -0.2) is 7.05 Å². The van der Waals surface area contributed by atoms with Gasteiger partial charge in [0.15, 0.2) is 0 Å². The first kappa shape index (κ1) is 14.5. The van der Waals surface area contributed by atoms with Gasteiger partial charge in [0.25, 0.3) is 10.9 Å². The fourth-order valence-electron chi connectivity index (χ4n) is 1.93. The topological polar surface area (TPSA) is 70.2 Å². The minimum Gasteiger partial charge on any atom is -0.383 e. The minimum atomic E-state index is -0.590. The van der Waals surface area contributed by atoms with Crippen molar-refractivity contribution in [1.82, 2.24) is 4.84 Å². The van der Waals surface area contributed by atoms with E-state index in [1.165, 1.54) is 6.07 Å². The molecular weight excluding hydrogens is 285 g/mol. The van der Waals surface area contributed by atoms with Gasteiger partial charge in [0.05, 0.1) is 0 Å². The largest absolute Gasteiger partial charge is 0.383 e. The first-order valence-electron chi connectivity index (χ1n) is 5.94. The van der Waals surface area contributed by atoms with Crippen molar-refractivity contribution in [3.8, 4) is 0 Å². The first-order valence-corrected chi connectivity index (χ1v) is 6.32. The van der Waals surface area contributed by atoms with Gasteiger partial charge in [-0.3, -0.25) is 9.59 Å². The molecule has 106 valence electrons. The summed E-state index contributed by atoms with van der Waals surface area (Å²) in [5, 5.41) is 5.42. The van der Waals surface area contributed by atoms with Gasteiger partial charge in [-0.15, -0.1) is 0 Å². The average molecular weight is 298 g/mol. The maximum atomic E-state index is 13.7. The van der Waals surface area contributed by atoms with Gasteiger partial charge in [-0.05, 0) is 29.5 Å². The molecular formula is C13H13ClFN3O2. The lowest BCUT2D eigenvalue weighted by Gasteiger charge is -2.13. The van der Waals surface area contributed by atoms with E-state index in [0.717, 1.165) is 5.56 Å². The highest BCUT2D eigenvalue weighted by Crippen LogP contribution is 2.17. The van der Waals surface area contributed by atoms with E-state index in [4.69, 9.17) is 11.8 Å². The highest BCUT2D eigenvalue weighted by atomic mass is 35.5. The second-order valence-electron chi connectivity index (χ2n) is 4.25. The van der Waals surface area contributed by atoms with Crippen molar-refractivity contribution < 1.29 is 4.39 Å². The zero-order valence-electron chi connectivity index (χ0n) is 10.7. The Labute approximate surface area is 119 Å². The van der Waals surface area contributed by atoms with Gasteiger partial charge in [0.1, 0.15) is 17.2 Å². The van der Waals surface area contributed by atoms with Gasteiger partial charge in [0.2, 0.25) is 0 Å². The van der Waals surface area contributed by atoms with E-state index < -0.39 is 10.9 Å². The van der Waals surface area contributed by atoms with Crippen LogP contribution in [0.15, 0.2) is 27.8 Å². The first-order chi connectivity index (χ1) is 9.58. The predicted octanol–water partition coefficient (Wildman–Crippen LogP) is 1.32. The Balaban J connectivity index is 2.14. The number of hydrogen-bond acceptors (Lipinski definition) is 5. The maximum Gasteiger partial charge on any atom is 0.253 e. The molecule has 0 heterocycles. The van der Waals surface area contributed by atoms with Crippen LogP contribution in [0.1, 0.15) is 11.1 Å². The third-order valence-corrected chi connectivity index (χ3v) is 3.13. The molecule has 0 fully saturated rings. The summed E-state index contributed by atoms with van der Waals surface area (Å²) in [5.74, 6) is -0.388. The molecule has 0 aliphatic rings. The van der Waals surface area contributed by atoms with Crippen LogP contribution in [-0.2, 0) is 13.1 Å². The van der Waals surface area contributed by atoms with Gasteiger partial charge < -0.3 is 10.6 Å². The number of halogens is 2. The van der Waals surface area contributed by atoms with Crippen LogP contribution in [0.2, 0.25) is 0 Å². The van der Waals surface area contributed by atoms with Crippen LogP contribution in [0.3, 0.4) is 0 Å². The number of rotatable bonds is 6. The zero-order valence-corrected chi connectivity index (χ0v) is 11.5. The van der Waals surface area contributed by atoms with Crippen LogP contribution in [0.25, 0.3) is 0 Å². The molecule has 2 aromatic rings. The van der Waals surface area contributed by atoms with Gasteiger partial charge in [-0.1, -0.05) is 6.07 Å². The molecule has 0 aliphatic heterocycles. The van der Waals surface area contributed by atoms with Crippen LogP contribution in [0.4, 0.5) is 15.8 Å². The molecule has 5 nitrogen and oxygen atoms in total. The van der Waals surface area contributed by atoms with Crippen molar-refractivity contribution in [2.24, 2.45) is 0 Å². The van der Waals surface area contributed by atoms with Crippen molar-refractivity contribution in [2.45, 2.75) is 13.1 Å². The van der Waals surface area contributed by atoms with Gasteiger partial charge >= 0.3 is 0 Å². The molecule has 20 heavy (non-hydrogen) atoms. The van der Waals surface area contributed by atoms with Crippen molar-refractivity contribution in [3.63, 3.8) is 0 Å². The lowest BCUT2D eigenvalue weighted by Crippen LogP contribution is -2.36. The number of nitrogens with one attached hydrogen (secondary N) is 3. The molecule has 0 amide bonds. The van der Waals surface area contributed by atoms with Crippen molar-refractivity contribution in [1.29, 1.82) is 0 Å². The van der Waals surface area contributed by atoms with Crippen molar-refractivity contribution >= 4 is 23.2 Å². The molecule has 7 heteroatoms. The lowest BCUT2D eigenvalue weighted by atomic mass is 10.1. The lowest BCUT2D eigenvalue weighted by molar-refractivity contribution is 0.611. The summed E-state index contributed by atoms with van der Waals surface area (Å²) in [4.78, 5) is 25.0. The fourth-order valence-corrected chi connectivity index (χ4v) is 2.09. The standard InChI is InChI=1S/C13H13ClFN3O2/c1-16-10-11(13(20)12(10)19)17-6-8-4-7(5-18-14)2-3-9(8)15/h2-4,16-18H,5-6H2,1H3. The Kier molecular flexibility index (Phi) is 4.36. The maximum absolute atomic E-state index is 13.7. The monoisotopic (exact) mass is 297 g/mol. The van der Waals surface area contributed by atoms with E-state index in [2.05, 4.69) is 15.5 Å². The third-order valence-electron chi connectivity index (χ3n) is 3.00. The third kappa shape index (κ3) is 2.66. The van der Waals surface area contributed by atoms with Crippen LogP contribution < -0.4 is 26.3 Å². The van der Waals surface area contributed by atoms with Gasteiger partial charge in [-0.25, -0.2) is 9.23 Å². The van der Waals surface area contributed by atoms with E-state index in [0.29, 0.717) is 12.1 Å². The molecule has 0 saturated heterocycles. The highest BCUT2D eigenvalue weighted by Gasteiger charge is 2.19. The Morgan fingerprint density at radius 2 is 1.85 bits per heavy atom. The quantitative estimate of drug-likeness (QED) is 0.554. The Morgan fingerprint density at radius 1 is 1.15 bits per heavy atom. The summed E-state index contributed by atoms with van der Waals surface area (Å²) in [6.45, 7) is 0.512. The van der Waals surface area contributed by atoms with E-state index in [-0.39, 0.29) is 23.7 Å².